The fourth-order valence-corrected chi connectivity index (χ4v) is 2.84. The Morgan fingerprint density at radius 1 is 1.40 bits per heavy atom. The lowest BCUT2D eigenvalue weighted by molar-refractivity contribution is -0.119. The van der Waals surface area contributed by atoms with Gasteiger partial charge in [0.1, 0.15) is 12.1 Å². The second-order valence-electron chi connectivity index (χ2n) is 5.30. The monoisotopic (exact) mass is 274 g/mol. The quantitative estimate of drug-likeness (QED) is 0.878. The van der Waals surface area contributed by atoms with E-state index < -0.39 is 0 Å². The van der Waals surface area contributed by atoms with Gasteiger partial charge < -0.3 is 10.6 Å². The molecule has 1 fully saturated rings. The number of anilines is 1. The van der Waals surface area contributed by atoms with E-state index in [0.717, 1.165) is 42.8 Å². The molecule has 0 aliphatic carbocycles. The average Bonchev–Trinajstić information content (AvgIpc) is 2.81. The van der Waals surface area contributed by atoms with Crippen LogP contribution >= 0.6 is 0 Å². The van der Waals surface area contributed by atoms with E-state index in [1.807, 2.05) is 7.05 Å². The molecule has 0 unspecified atom stereocenters. The minimum atomic E-state index is -0.208. The van der Waals surface area contributed by atoms with Crippen molar-refractivity contribution in [3.63, 3.8) is 0 Å². The van der Waals surface area contributed by atoms with Gasteiger partial charge in [-0.2, -0.15) is 5.10 Å². The first-order valence-electron chi connectivity index (χ1n) is 6.81. The highest BCUT2D eigenvalue weighted by molar-refractivity contribution is 5.86. The molecule has 2 aromatic rings. The summed E-state index contributed by atoms with van der Waals surface area (Å²) >= 11 is 0. The van der Waals surface area contributed by atoms with Crippen LogP contribution in [0.15, 0.2) is 12.5 Å². The summed E-state index contributed by atoms with van der Waals surface area (Å²) in [5.74, 6) is 1.12. The van der Waals surface area contributed by atoms with Crippen LogP contribution in [-0.2, 0) is 11.8 Å². The number of rotatable bonds is 3. The summed E-state index contributed by atoms with van der Waals surface area (Å²) in [6, 6.07) is 0. The number of primary amides is 1. The number of carbonyl (C=O) groups is 1. The van der Waals surface area contributed by atoms with Gasteiger partial charge in [0.05, 0.1) is 11.6 Å². The molecular weight excluding hydrogens is 256 g/mol. The van der Waals surface area contributed by atoms with Gasteiger partial charge in [-0.15, -0.1) is 0 Å². The number of aromatic nitrogens is 4. The van der Waals surface area contributed by atoms with Crippen molar-refractivity contribution in [2.24, 2.45) is 18.7 Å². The molecule has 1 amide bonds. The first-order chi connectivity index (χ1) is 9.65. The molecule has 7 heteroatoms. The van der Waals surface area contributed by atoms with Crippen molar-refractivity contribution in [2.45, 2.75) is 19.3 Å². The molecule has 0 radical (unpaired) electrons. The maximum atomic E-state index is 11.0. The maximum Gasteiger partial charge on any atom is 0.217 e. The Balaban J connectivity index is 1.78. The van der Waals surface area contributed by atoms with E-state index >= 15 is 0 Å². The molecule has 2 N–H and O–H groups in total. The zero-order chi connectivity index (χ0) is 14.1. The van der Waals surface area contributed by atoms with Crippen molar-refractivity contribution in [3.8, 4) is 0 Å². The number of piperidine rings is 1. The molecule has 3 heterocycles. The van der Waals surface area contributed by atoms with E-state index in [9.17, 15) is 4.79 Å². The molecule has 1 aliphatic rings. The van der Waals surface area contributed by atoms with Crippen LogP contribution in [-0.4, -0.2) is 38.7 Å². The standard InChI is InChI=1S/C13H18N6O/c1-18-12-10(7-17-18)13(16-8-15-12)19-4-2-9(3-5-19)6-11(14)20/h7-9H,2-6H2,1H3,(H2,14,20). The van der Waals surface area contributed by atoms with Gasteiger partial charge in [-0.05, 0) is 18.8 Å². The third-order valence-corrected chi connectivity index (χ3v) is 3.91. The summed E-state index contributed by atoms with van der Waals surface area (Å²) in [5, 5.41) is 5.21. The summed E-state index contributed by atoms with van der Waals surface area (Å²) in [4.78, 5) is 21.9. The number of fused-ring (bicyclic) bond motifs is 1. The largest absolute Gasteiger partial charge is 0.370 e. The molecule has 0 saturated carbocycles. The van der Waals surface area contributed by atoms with Gasteiger partial charge in [0.2, 0.25) is 5.91 Å². The van der Waals surface area contributed by atoms with Crippen LogP contribution in [0.2, 0.25) is 0 Å². The zero-order valence-corrected chi connectivity index (χ0v) is 11.5. The molecule has 0 spiro atoms. The summed E-state index contributed by atoms with van der Waals surface area (Å²) < 4.78 is 1.75. The maximum absolute atomic E-state index is 11.0. The molecule has 1 saturated heterocycles. The molecule has 0 atom stereocenters. The fraction of sp³-hybridized carbons (Fsp3) is 0.538. The van der Waals surface area contributed by atoms with E-state index in [0.29, 0.717) is 12.3 Å². The second kappa shape index (κ2) is 5.07. The SMILES string of the molecule is Cn1ncc2c(N3CCC(CC(N)=O)CC3)ncnc21. The zero-order valence-electron chi connectivity index (χ0n) is 11.5. The normalized spacial score (nSPS) is 16.8. The lowest BCUT2D eigenvalue weighted by Gasteiger charge is -2.32. The Labute approximate surface area is 116 Å². The Bertz CT molecular complexity index is 629. The smallest absolute Gasteiger partial charge is 0.217 e. The van der Waals surface area contributed by atoms with Crippen LogP contribution in [0.1, 0.15) is 19.3 Å². The van der Waals surface area contributed by atoms with Crippen LogP contribution in [0.3, 0.4) is 0 Å². The van der Waals surface area contributed by atoms with Gasteiger partial charge in [-0.3, -0.25) is 9.48 Å². The van der Waals surface area contributed by atoms with Crippen molar-refractivity contribution in [1.82, 2.24) is 19.7 Å². The number of aryl methyl sites for hydroxylation is 1. The van der Waals surface area contributed by atoms with Crippen molar-refractivity contribution in [1.29, 1.82) is 0 Å². The highest BCUT2D eigenvalue weighted by atomic mass is 16.1. The Morgan fingerprint density at radius 3 is 2.85 bits per heavy atom. The van der Waals surface area contributed by atoms with Crippen LogP contribution in [0, 0.1) is 5.92 Å². The van der Waals surface area contributed by atoms with E-state index in [-0.39, 0.29) is 5.91 Å². The topological polar surface area (TPSA) is 89.9 Å². The van der Waals surface area contributed by atoms with Crippen LogP contribution in [0.5, 0.6) is 0 Å². The summed E-state index contributed by atoms with van der Waals surface area (Å²) in [6.45, 7) is 1.78. The van der Waals surface area contributed by atoms with E-state index in [4.69, 9.17) is 5.73 Å². The molecule has 0 bridgehead atoms. The van der Waals surface area contributed by atoms with E-state index in [1.54, 1.807) is 17.2 Å². The summed E-state index contributed by atoms with van der Waals surface area (Å²) in [7, 11) is 1.87. The summed E-state index contributed by atoms with van der Waals surface area (Å²) in [6.07, 6.45) is 5.80. The van der Waals surface area contributed by atoms with E-state index in [2.05, 4.69) is 20.0 Å². The minimum Gasteiger partial charge on any atom is -0.370 e. The predicted octanol–water partition coefficient (Wildman–Crippen LogP) is 0.455. The predicted molar refractivity (Wildman–Crippen MR) is 75.1 cm³/mol. The number of carbonyl (C=O) groups excluding carboxylic acids is 1. The third kappa shape index (κ3) is 2.31. The van der Waals surface area contributed by atoms with Crippen molar-refractivity contribution in [3.05, 3.63) is 12.5 Å². The van der Waals surface area contributed by atoms with Crippen LogP contribution in [0.4, 0.5) is 5.82 Å². The lowest BCUT2D eigenvalue weighted by atomic mass is 9.93. The molecule has 7 nitrogen and oxygen atoms in total. The minimum absolute atomic E-state index is 0.208. The van der Waals surface area contributed by atoms with Gasteiger partial charge in [0.15, 0.2) is 5.65 Å². The van der Waals surface area contributed by atoms with Gasteiger partial charge >= 0.3 is 0 Å². The number of nitrogens with zero attached hydrogens (tertiary/aromatic N) is 5. The lowest BCUT2D eigenvalue weighted by Crippen LogP contribution is -2.35. The Morgan fingerprint density at radius 2 is 2.15 bits per heavy atom. The first-order valence-corrected chi connectivity index (χ1v) is 6.81. The molecule has 2 aromatic heterocycles. The highest BCUT2D eigenvalue weighted by Crippen LogP contribution is 2.27. The van der Waals surface area contributed by atoms with Crippen LogP contribution in [0.25, 0.3) is 11.0 Å². The first kappa shape index (κ1) is 12.8. The van der Waals surface area contributed by atoms with Crippen molar-refractivity contribution in [2.75, 3.05) is 18.0 Å². The Kier molecular flexibility index (Phi) is 3.25. The van der Waals surface area contributed by atoms with Crippen LogP contribution < -0.4 is 10.6 Å². The van der Waals surface area contributed by atoms with Crippen molar-refractivity contribution < 1.29 is 4.79 Å². The van der Waals surface area contributed by atoms with Gasteiger partial charge in [0, 0.05) is 26.6 Å². The molecule has 106 valence electrons. The van der Waals surface area contributed by atoms with E-state index in [1.165, 1.54) is 0 Å². The van der Waals surface area contributed by atoms with Gasteiger partial charge in [-0.1, -0.05) is 0 Å². The number of amides is 1. The number of nitrogens with two attached hydrogens (primary N) is 1. The second-order valence-corrected chi connectivity index (χ2v) is 5.30. The molecule has 20 heavy (non-hydrogen) atoms. The fourth-order valence-electron chi connectivity index (χ4n) is 2.84. The molecule has 3 rings (SSSR count). The van der Waals surface area contributed by atoms with Crippen molar-refractivity contribution >= 4 is 22.8 Å². The molecule has 0 aromatic carbocycles. The third-order valence-electron chi connectivity index (χ3n) is 3.91. The molecular formula is C13H18N6O. The van der Waals surface area contributed by atoms with Gasteiger partial charge in [0.25, 0.3) is 0 Å². The number of hydrogen-bond acceptors (Lipinski definition) is 5. The highest BCUT2D eigenvalue weighted by Gasteiger charge is 2.23. The summed E-state index contributed by atoms with van der Waals surface area (Å²) in [5.41, 5.74) is 6.10. The van der Waals surface area contributed by atoms with Gasteiger partial charge in [-0.25, -0.2) is 9.97 Å². The average molecular weight is 274 g/mol. The molecule has 1 aliphatic heterocycles. The Hall–Kier alpha value is -2.18. The number of hydrogen-bond donors (Lipinski definition) is 1.